The first-order valence-corrected chi connectivity index (χ1v) is 3.74. The molecule has 0 aliphatic heterocycles. The van der Waals surface area contributed by atoms with E-state index in [1.807, 2.05) is 7.05 Å². The van der Waals surface area contributed by atoms with Crippen molar-refractivity contribution in [1.29, 1.82) is 0 Å². The van der Waals surface area contributed by atoms with Crippen molar-refractivity contribution in [1.82, 2.24) is 5.32 Å². The minimum absolute atomic E-state index is 1.00. The van der Waals surface area contributed by atoms with E-state index in [0.29, 0.717) is 0 Å². The summed E-state index contributed by atoms with van der Waals surface area (Å²) in [6.07, 6.45) is 2.79. The van der Waals surface area contributed by atoms with Crippen molar-refractivity contribution in [2.45, 2.75) is 13.3 Å². The van der Waals surface area contributed by atoms with E-state index < -0.39 is 0 Å². The summed E-state index contributed by atoms with van der Waals surface area (Å²) in [5.74, 6) is 0. The number of halogens is 1. The Bertz CT molecular complexity index is 121. The molecule has 1 N–H and O–H groups in total. The van der Waals surface area contributed by atoms with Crippen LogP contribution in [0.1, 0.15) is 13.3 Å². The summed E-state index contributed by atoms with van der Waals surface area (Å²) in [6, 6.07) is 0. The summed E-state index contributed by atoms with van der Waals surface area (Å²) >= 11 is 3.36. The third-order valence-corrected chi connectivity index (χ3v) is 1.93. The van der Waals surface area contributed by atoms with Crippen LogP contribution in [0.4, 0.5) is 0 Å². The van der Waals surface area contributed by atoms with Crippen molar-refractivity contribution < 1.29 is 0 Å². The maximum Gasteiger partial charge on any atom is 0.0358 e. The second kappa shape index (κ2) is 4.62. The summed E-state index contributed by atoms with van der Waals surface area (Å²) in [5.41, 5.74) is 1.19. The number of nitrogens with one attached hydrogen (secondary N) is 1. The van der Waals surface area contributed by atoms with Crippen LogP contribution in [0, 0.1) is 0 Å². The highest BCUT2D eigenvalue weighted by atomic mass is 79.9. The Labute approximate surface area is 65.0 Å². The normalized spacial score (nSPS) is 12.3. The fraction of sp³-hybridized carbons (Fsp3) is 0.429. The minimum Gasteiger partial charge on any atom is -0.391 e. The van der Waals surface area contributed by atoms with Gasteiger partial charge >= 0.3 is 0 Å². The minimum atomic E-state index is 1.00. The topological polar surface area (TPSA) is 12.0 Å². The lowest BCUT2D eigenvalue weighted by Crippen LogP contribution is -2.05. The van der Waals surface area contributed by atoms with E-state index in [2.05, 4.69) is 34.7 Å². The lowest BCUT2D eigenvalue weighted by atomic mass is 10.3. The summed E-state index contributed by atoms with van der Waals surface area (Å²) in [5, 5.41) is 3.06. The number of hydrogen-bond acceptors (Lipinski definition) is 1. The summed E-state index contributed by atoms with van der Waals surface area (Å²) < 4.78 is 1.05. The lowest BCUT2D eigenvalue weighted by molar-refractivity contribution is 0.898. The van der Waals surface area contributed by atoms with Gasteiger partial charge in [-0.3, -0.25) is 0 Å². The van der Waals surface area contributed by atoms with E-state index in [9.17, 15) is 0 Å². The monoisotopic (exact) mass is 189 g/mol. The van der Waals surface area contributed by atoms with Crippen molar-refractivity contribution in [3.63, 3.8) is 0 Å². The molecule has 0 unspecified atom stereocenters. The first-order chi connectivity index (χ1) is 4.26. The molecule has 0 aliphatic carbocycles. The van der Waals surface area contributed by atoms with Gasteiger partial charge in [0.15, 0.2) is 0 Å². The highest BCUT2D eigenvalue weighted by Crippen LogP contribution is 2.12. The Balaban J connectivity index is 4.17. The Morgan fingerprint density at radius 3 is 2.44 bits per heavy atom. The molecule has 0 atom stereocenters. The molecular formula is C7H12BrN. The SMILES string of the molecule is C=C/C(Br)=C(\CC)NC. The summed E-state index contributed by atoms with van der Waals surface area (Å²) in [6.45, 7) is 5.73. The molecule has 0 aromatic rings. The molecule has 0 spiro atoms. The van der Waals surface area contributed by atoms with Crippen LogP contribution in [0.3, 0.4) is 0 Å². The van der Waals surface area contributed by atoms with E-state index in [4.69, 9.17) is 0 Å². The van der Waals surface area contributed by atoms with E-state index >= 15 is 0 Å². The average Bonchev–Trinajstić information content (AvgIpc) is 1.90. The van der Waals surface area contributed by atoms with E-state index in [1.54, 1.807) is 6.08 Å². The van der Waals surface area contributed by atoms with Crippen molar-refractivity contribution in [3.05, 3.63) is 22.8 Å². The Morgan fingerprint density at radius 2 is 2.33 bits per heavy atom. The first kappa shape index (κ1) is 8.76. The third kappa shape index (κ3) is 2.70. The molecule has 0 heterocycles. The molecule has 9 heavy (non-hydrogen) atoms. The van der Waals surface area contributed by atoms with Crippen LogP contribution >= 0.6 is 15.9 Å². The van der Waals surface area contributed by atoms with Crippen molar-refractivity contribution in [2.75, 3.05) is 7.05 Å². The van der Waals surface area contributed by atoms with Gasteiger partial charge in [-0.05, 0) is 22.4 Å². The average molecular weight is 190 g/mol. The van der Waals surface area contributed by atoms with Gasteiger partial charge in [0.1, 0.15) is 0 Å². The molecular weight excluding hydrogens is 178 g/mol. The van der Waals surface area contributed by atoms with Gasteiger partial charge in [-0.25, -0.2) is 0 Å². The van der Waals surface area contributed by atoms with Crippen molar-refractivity contribution in [2.24, 2.45) is 0 Å². The maximum absolute atomic E-state index is 3.63. The van der Waals surface area contributed by atoms with Crippen LogP contribution in [0.25, 0.3) is 0 Å². The van der Waals surface area contributed by atoms with E-state index in [-0.39, 0.29) is 0 Å². The molecule has 0 bridgehead atoms. The molecule has 52 valence electrons. The number of allylic oxidation sites excluding steroid dienone is 3. The van der Waals surface area contributed by atoms with Gasteiger partial charge in [0.2, 0.25) is 0 Å². The predicted octanol–water partition coefficient (Wildman–Crippen LogP) is 2.41. The van der Waals surface area contributed by atoms with Crippen LogP contribution in [0.15, 0.2) is 22.8 Å². The largest absolute Gasteiger partial charge is 0.391 e. The summed E-state index contributed by atoms with van der Waals surface area (Å²) in [4.78, 5) is 0. The lowest BCUT2D eigenvalue weighted by Gasteiger charge is -2.03. The number of hydrogen-bond donors (Lipinski definition) is 1. The van der Waals surface area contributed by atoms with Gasteiger partial charge in [-0.1, -0.05) is 19.6 Å². The standard InChI is InChI=1S/C7H12BrN/c1-4-6(8)7(5-2)9-3/h4,9H,1,5H2,2-3H3/b7-6-. The van der Waals surface area contributed by atoms with Crippen LogP contribution in [-0.4, -0.2) is 7.05 Å². The van der Waals surface area contributed by atoms with Crippen LogP contribution in [0.5, 0.6) is 0 Å². The smallest absolute Gasteiger partial charge is 0.0358 e. The van der Waals surface area contributed by atoms with E-state index in [1.165, 1.54) is 5.70 Å². The molecule has 0 amide bonds. The summed E-state index contributed by atoms with van der Waals surface area (Å²) in [7, 11) is 1.91. The van der Waals surface area contributed by atoms with Crippen LogP contribution < -0.4 is 5.32 Å². The molecule has 0 aromatic heterocycles. The Kier molecular flexibility index (Phi) is 4.50. The molecule has 0 saturated heterocycles. The predicted molar refractivity (Wildman–Crippen MR) is 45.5 cm³/mol. The second-order valence-electron chi connectivity index (χ2n) is 1.63. The highest BCUT2D eigenvalue weighted by molar-refractivity contribution is 9.11. The molecule has 1 nitrogen and oxygen atoms in total. The van der Waals surface area contributed by atoms with Crippen molar-refractivity contribution >= 4 is 15.9 Å². The Hall–Kier alpha value is -0.240. The van der Waals surface area contributed by atoms with Gasteiger partial charge in [0, 0.05) is 17.2 Å². The molecule has 0 aliphatic rings. The highest BCUT2D eigenvalue weighted by Gasteiger charge is 1.92. The third-order valence-electron chi connectivity index (χ3n) is 1.12. The van der Waals surface area contributed by atoms with Gasteiger partial charge in [0.05, 0.1) is 0 Å². The van der Waals surface area contributed by atoms with Gasteiger partial charge in [-0.15, -0.1) is 0 Å². The number of rotatable bonds is 3. The van der Waals surface area contributed by atoms with Gasteiger partial charge in [-0.2, -0.15) is 0 Å². The maximum atomic E-state index is 3.63. The molecule has 0 saturated carbocycles. The molecule has 0 rings (SSSR count). The molecule has 0 aromatic carbocycles. The molecule has 0 fully saturated rings. The second-order valence-corrected chi connectivity index (χ2v) is 2.49. The fourth-order valence-electron chi connectivity index (χ4n) is 0.588. The first-order valence-electron chi connectivity index (χ1n) is 2.95. The quantitative estimate of drug-likeness (QED) is 0.674. The van der Waals surface area contributed by atoms with E-state index in [0.717, 1.165) is 10.9 Å². The van der Waals surface area contributed by atoms with Gasteiger partial charge < -0.3 is 5.32 Å². The zero-order chi connectivity index (χ0) is 7.28. The zero-order valence-corrected chi connectivity index (χ0v) is 7.46. The van der Waals surface area contributed by atoms with Crippen LogP contribution in [0.2, 0.25) is 0 Å². The van der Waals surface area contributed by atoms with Crippen molar-refractivity contribution in [3.8, 4) is 0 Å². The zero-order valence-electron chi connectivity index (χ0n) is 5.87. The Morgan fingerprint density at radius 1 is 1.78 bits per heavy atom. The van der Waals surface area contributed by atoms with Gasteiger partial charge in [0.25, 0.3) is 0 Å². The van der Waals surface area contributed by atoms with Crippen LogP contribution in [-0.2, 0) is 0 Å². The molecule has 0 radical (unpaired) electrons. The molecule has 2 heteroatoms. The fourth-order valence-corrected chi connectivity index (χ4v) is 1.07.